The molecule has 0 saturated carbocycles. The highest BCUT2D eigenvalue weighted by atomic mass is 32.1. The van der Waals surface area contributed by atoms with E-state index in [1.807, 2.05) is 9.70 Å². The zero-order chi connectivity index (χ0) is 23.8. The Balaban J connectivity index is 1.05. The molecule has 9 nitrogen and oxygen atoms in total. The van der Waals surface area contributed by atoms with Gasteiger partial charge in [0.2, 0.25) is 5.91 Å². The Morgan fingerprint density at radius 1 is 1.03 bits per heavy atom. The van der Waals surface area contributed by atoms with Gasteiger partial charge in [-0.05, 0) is 57.6 Å². The Kier molecular flexibility index (Phi) is 6.40. The van der Waals surface area contributed by atoms with Gasteiger partial charge in [-0.15, -0.1) is 11.3 Å². The van der Waals surface area contributed by atoms with E-state index in [4.69, 9.17) is 10.2 Å². The summed E-state index contributed by atoms with van der Waals surface area (Å²) in [5.41, 5.74) is 2.37. The van der Waals surface area contributed by atoms with E-state index in [1.165, 1.54) is 29.1 Å². The summed E-state index contributed by atoms with van der Waals surface area (Å²) in [5, 5.41) is 10.6. The third-order valence-corrected chi connectivity index (χ3v) is 8.92. The highest BCUT2D eigenvalue weighted by molar-refractivity contribution is 7.18. The van der Waals surface area contributed by atoms with Crippen molar-refractivity contribution in [3.05, 3.63) is 28.7 Å². The first-order valence-corrected chi connectivity index (χ1v) is 13.9. The van der Waals surface area contributed by atoms with Gasteiger partial charge in [0.25, 0.3) is 0 Å². The van der Waals surface area contributed by atoms with Gasteiger partial charge in [-0.25, -0.2) is 9.97 Å². The van der Waals surface area contributed by atoms with Crippen molar-refractivity contribution in [1.82, 2.24) is 34.8 Å². The average Bonchev–Trinajstić information content (AvgIpc) is 3.62. The van der Waals surface area contributed by atoms with Gasteiger partial charge >= 0.3 is 0 Å². The van der Waals surface area contributed by atoms with Crippen molar-refractivity contribution in [3.8, 4) is 0 Å². The van der Waals surface area contributed by atoms with Crippen molar-refractivity contribution in [3.63, 3.8) is 0 Å². The van der Waals surface area contributed by atoms with Crippen LogP contribution in [0.4, 0.5) is 5.82 Å². The molecule has 2 fully saturated rings. The molecule has 1 atom stereocenters. The van der Waals surface area contributed by atoms with Gasteiger partial charge in [0.1, 0.15) is 17.0 Å². The minimum atomic E-state index is 0.237. The van der Waals surface area contributed by atoms with Crippen molar-refractivity contribution < 1.29 is 4.79 Å². The first-order valence-electron chi connectivity index (χ1n) is 13.1. The van der Waals surface area contributed by atoms with Crippen LogP contribution in [0.15, 0.2) is 12.4 Å². The van der Waals surface area contributed by atoms with Crippen molar-refractivity contribution in [1.29, 1.82) is 0 Å². The van der Waals surface area contributed by atoms with Crippen molar-refractivity contribution >= 4 is 33.3 Å². The summed E-state index contributed by atoms with van der Waals surface area (Å²) in [5.74, 6) is 1.24. The minimum absolute atomic E-state index is 0.237. The van der Waals surface area contributed by atoms with E-state index in [-0.39, 0.29) is 5.91 Å². The van der Waals surface area contributed by atoms with Gasteiger partial charge in [-0.3, -0.25) is 9.69 Å². The van der Waals surface area contributed by atoms with Crippen LogP contribution in [-0.4, -0.2) is 86.0 Å². The lowest BCUT2D eigenvalue weighted by Gasteiger charge is -2.36. The van der Waals surface area contributed by atoms with Gasteiger partial charge in [0, 0.05) is 37.1 Å². The second-order valence-electron chi connectivity index (χ2n) is 9.97. The number of aromatic nitrogens is 5. The Hall–Kier alpha value is -2.59. The van der Waals surface area contributed by atoms with Crippen molar-refractivity contribution in [2.75, 3.05) is 44.2 Å². The number of aryl methyl sites for hydroxylation is 3. The number of nitrogens with zero attached hydrogens (tertiary/aromatic N) is 8. The van der Waals surface area contributed by atoms with Crippen LogP contribution in [-0.2, 0) is 30.6 Å². The van der Waals surface area contributed by atoms with E-state index in [1.54, 1.807) is 17.7 Å². The maximum atomic E-state index is 13.2. The fourth-order valence-electron chi connectivity index (χ4n) is 5.73. The van der Waals surface area contributed by atoms with E-state index in [0.717, 1.165) is 87.4 Å². The third kappa shape index (κ3) is 4.65. The summed E-state index contributed by atoms with van der Waals surface area (Å²) in [6.45, 7) is 7.52. The van der Waals surface area contributed by atoms with Gasteiger partial charge in [0.15, 0.2) is 0 Å². The molecule has 186 valence electrons. The Morgan fingerprint density at radius 3 is 2.54 bits per heavy atom. The zero-order valence-corrected chi connectivity index (χ0v) is 21.3. The Bertz CT molecular complexity index is 1170. The molecule has 10 heteroatoms. The number of rotatable bonds is 6. The maximum Gasteiger partial charge on any atom is 0.236 e. The highest BCUT2D eigenvalue weighted by Crippen LogP contribution is 2.31. The maximum absolute atomic E-state index is 13.2. The van der Waals surface area contributed by atoms with Gasteiger partial charge in [-0.1, -0.05) is 6.92 Å². The number of anilines is 1. The number of amides is 1. The van der Waals surface area contributed by atoms with Gasteiger partial charge in [0.05, 0.1) is 29.9 Å². The van der Waals surface area contributed by atoms with Crippen LogP contribution in [0.1, 0.15) is 48.9 Å². The van der Waals surface area contributed by atoms with Crippen LogP contribution in [0.2, 0.25) is 0 Å². The number of likely N-dealkylation sites (tertiary alicyclic amines) is 1. The fraction of sp³-hybridized carbons (Fsp3) is 0.640. The van der Waals surface area contributed by atoms with Crippen LogP contribution in [0.5, 0.6) is 0 Å². The molecule has 2 saturated heterocycles. The molecule has 2 aliphatic heterocycles. The monoisotopic (exact) mass is 494 g/mol. The topological polar surface area (TPSA) is 83.3 Å². The molecule has 0 radical (unpaired) electrons. The van der Waals surface area contributed by atoms with Crippen molar-refractivity contribution in [2.45, 2.75) is 64.5 Å². The first kappa shape index (κ1) is 22.8. The SMILES string of the molecule is CCc1cc2c(N3CCN(C(=O)CN4CCC[C@H]4Cn4nc5c(n4)CCCC5)CC3)ncnc2s1. The van der Waals surface area contributed by atoms with E-state index < -0.39 is 0 Å². The summed E-state index contributed by atoms with van der Waals surface area (Å²) < 4.78 is 0. The van der Waals surface area contributed by atoms with E-state index >= 15 is 0 Å². The molecule has 3 aromatic rings. The largest absolute Gasteiger partial charge is 0.352 e. The fourth-order valence-corrected chi connectivity index (χ4v) is 6.66. The smallest absolute Gasteiger partial charge is 0.236 e. The molecule has 0 aromatic carbocycles. The number of hydrogen-bond donors (Lipinski definition) is 0. The predicted molar refractivity (Wildman–Crippen MR) is 137 cm³/mol. The average molecular weight is 495 g/mol. The molecule has 0 bridgehead atoms. The Labute approximate surface area is 210 Å². The van der Waals surface area contributed by atoms with Gasteiger partial charge in [-0.2, -0.15) is 15.0 Å². The van der Waals surface area contributed by atoms with Crippen molar-refractivity contribution in [2.24, 2.45) is 0 Å². The second-order valence-corrected chi connectivity index (χ2v) is 11.1. The summed E-state index contributed by atoms with van der Waals surface area (Å²) >= 11 is 1.75. The van der Waals surface area contributed by atoms with Crippen LogP contribution >= 0.6 is 11.3 Å². The van der Waals surface area contributed by atoms with Crippen LogP contribution in [0, 0.1) is 0 Å². The Morgan fingerprint density at radius 2 is 1.80 bits per heavy atom. The molecule has 1 amide bonds. The lowest BCUT2D eigenvalue weighted by Crippen LogP contribution is -2.52. The lowest BCUT2D eigenvalue weighted by atomic mass is 10.0. The first-order chi connectivity index (χ1) is 17.2. The summed E-state index contributed by atoms with van der Waals surface area (Å²) in [6, 6.07) is 2.57. The lowest BCUT2D eigenvalue weighted by molar-refractivity contribution is -0.133. The molecule has 0 unspecified atom stereocenters. The van der Waals surface area contributed by atoms with Crippen LogP contribution in [0.25, 0.3) is 10.2 Å². The molecule has 3 aliphatic rings. The number of hydrogen-bond acceptors (Lipinski definition) is 8. The normalized spacial score (nSPS) is 21.1. The number of carbonyl (C=O) groups excluding carboxylic acids is 1. The molecule has 6 rings (SSSR count). The minimum Gasteiger partial charge on any atom is -0.352 e. The molecule has 3 aromatic heterocycles. The highest BCUT2D eigenvalue weighted by Gasteiger charge is 2.31. The summed E-state index contributed by atoms with van der Waals surface area (Å²) in [7, 11) is 0. The van der Waals surface area contributed by atoms with Crippen LogP contribution < -0.4 is 4.90 Å². The molecular weight excluding hydrogens is 460 g/mol. The molecule has 5 heterocycles. The summed E-state index contributed by atoms with van der Waals surface area (Å²) in [6.07, 6.45) is 9.48. The van der Waals surface area contributed by atoms with E-state index in [9.17, 15) is 4.79 Å². The molecule has 1 aliphatic carbocycles. The standard InChI is InChI=1S/C25H34N8OS/c1-2-19-14-20-24(26-17-27-25(20)35-19)31-12-10-30(11-13-31)23(34)16-32-9-5-6-18(32)15-33-28-21-7-3-4-8-22(21)29-33/h14,17-18H,2-13,15-16H2,1H3/t18-/m0/s1. The molecule has 0 spiro atoms. The zero-order valence-electron chi connectivity index (χ0n) is 20.5. The predicted octanol–water partition coefficient (Wildman–Crippen LogP) is 2.54. The molecule has 35 heavy (non-hydrogen) atoms. The molecular formula is C25H34N8OS. The summed E-state index contributed by atoms with van der Waals surface area (Å²) in [4.78, 5) is 33.3. The number of carbonyl (C=O) groups is 1. The second kappa shape index (κ2) is 9.81. The number of fused-ring (bicyclic) bond motifs is 2. The van der Waals surface area contributed by atoms with E-state index in [2.05, 4.69) is 32.8 Å². The number of piperazine rings is 1. The number of thiophene rings is 1. The van der Waals surface area contributed by atoms with Gasteiger partial charge < -0.3 is 9.80 Å². The quantitative estimate of drug-likeness (QED) is 0.521. The molecule has 0 N–H and O–H groups in total. The van der Waals surface area contributed by atoms with E-state index in [0.29, 0.717) is 12.6 Å². The third-order valence-electron chi connectivity index (χ3n) is 7.73. The van der Waals surface area contributed by atoms with Crippen LogP contribution in [0.3, 0.4) is 0 Å².